The molecule has 1 aromatic carbocycles. The highest BCUT2D eigenvalue weighted by atomic mass is 16.5. The van der Waals surface area contributed by atoms with Crippen molar-refractivity contribution in [1.82, 2.24) is 10.6 Å². The highest BCUT2D eigenvalue weighted by Gasteiger charge is 2.19. The van der Waals surface area contributed by atoms with Crippen LogP contribution in [-0.2, 0) is 4.74 Å². The number of aryl methyl sites for hydroxylation is 1. The number of amides is 2. The summed E-state index contributed by atoms with van der Waals surface area (Å²) in [5.41, 5.74) is 2.30. The lowest BCUT2D eigenvalue weighted by Gasteiger charge is -2.24. The van der Waals surface area contributed by atoms with Gasteiger partial charge in [-0.15, -0.1) is 0 Å². The molecule has 5 nitrogen and oxygen atoms in total. The van der Waals surface area contributed by atoms with Crippen LogP contribution >= 0.6 is 0 Å². The van der Waals surface area contributed by atoms with Crippen LogP contribution in [0.1, 0.15) is 37.4 Å². The smallest absolute Gasteiger partial charge is 0.315 e. The van der Waals surface area contributed by atoms with Crippen LogP contribution in [0.3, 0.4) is 0 Å². The molecule has 124 valence electrons. The topological polar surface area (TPSA) is 70.6 Å². The molecule has 1 aromatic rings. The fourth-order valence-corrected chi connectivity index (χ4v) is 2.36. The first-order valence-corrected chi connectivity index (χ1v) is 7.72. The summed E-state index contributed by atoms with van der Waals surface area (Å²) in [6.07, 6.45) is -0.0830. The zero-order valence-corrected chi connectivity index (χ0v) is 13.9. The van der Waals surface area contributed by atoms with Gasteiger partial charge in [-0.3, -0.25) is 0 Å². The van der Waals surface area contributed by atoms with Crippen LogP contribution in [0.4, 0.5) is 4.79 Å². The Morgan fingerprint density at radius 1 is 1.32 bits per heavy atom. The number of urea groups is 1. The van der Waals surface area contributed by atoms with E-state index in [4.69, 9.17) is 4.74 Å². The second-order valence-electron chi connectivity index (χ2n) is 5.88. The molecule has 0 aliphatic rings. The van der Waals surface area contributed by atoms with E-state index in [1.54, 1.807) is 7.11 Å². The van der Waals surface area contributed by atoms with Gasteiger partial charge >= 0.3 is 6.03 Å². The lowest BCUT2D eigenvalue weighted by atomic mass is 9.93. The molecule has 3 N–H and O–H groups in total. The number of hydrogen-bond acceptors (Lipinski definition) is 3. The molecular weight excluding hydrogens is 280 g/mol. The molecule has 2 unspecified atom stereocenters. The normalized spacial score (nSPS) is 13.7. The first kappa shape index (κ1) is 18.5. The minimum Gasteiger partial charge on any atom is -0.391 e. The van der Waals surface area contributed by atoms with Crippen molar-refractivity contribution >= 4 is 6.03 Å². The van der Waals surface area contributed by atoms with Crippen LogP contribution in [0.15, 0.2) is 24.3 Å². The molecule has 2 atom stereocenters. The first-order chi connectivity index (χ1) is 10.5. The van der Waals surface area contributed by atoms with Gasteiger partial charge in [-0.1, -0.05) is 38.1 Å². The minimum atomic E-state index is -0.553. The molecule has 0 bridgehead atoms. The van der Waals surface area contributed by atoms with Crippen molar-refractivity contribution in [1.29, 1.82) is 0 Å². The van der Waals surface area contributed by atoms with Crippen molar-refractivity contribution in [3.63, 3.8) is 0 Å². The van der Waals surface area contributed by atoms with Gasteiger partial charge in [0, 0.05) is 13.7 Å². The number of carbonyl (C=O) groups is 1. The van der Waals surface area contributed by atoms with Gasteiger partial charge in [-0.05, 0) is 30.4 Å². The Labute approximate surface area is 133 Å². The molecule has 1 rings (SSSR count). The van der Waals surface area contributed by atoms with Crippen molar-refractivity contribution in [2.45, 2.75) is 39.3 Å². The molecular formula is C17H28N2O3. The van der Waals surface area contributed by atoms with Gasteiger partial charge in [0.25, 0.3) is 0 Å². The molecule has 2 amide bonds. The number of methoxy groups -OCH3 is 1. The van der Waals surface area contributed by atoms with Crippen molar-refractivity contribution in [3.8, 4) is 0 Å². The zero-order chi connectivity index (χ0) is 16.5. The van der Waals surface area contributed by atoms with E-state index in [-0.39, 0.29) is 24.6 Å². The summed E-state index contributed by atoms with van der Waals surface area (Å²) < 4.78 is 4.85. The van der Waals surface area contributed by atoms with E-state index in [0.29, 0.717) is 13.0 Å². The molecule has 0 aromatic heterocycles. The predicted molar refractivity (Wildman–Crippen MR) is 87.8 cm³/mol. The van der Waals surface area contributed by atoms with Crippen LogP contribution in [0.5, 0.6) is 0 Å². The maximum atomic E-state index is 12.0. The number of rotatable bonds is 8. The molecule has 0 fully saturated rings. The van der Waals surface area contributed by atoms with E-state index < -0.39 is 6.10 Å². The minimum absolute atomic E-state index is 0.0369. The molecule has 0 heterocycles. The number of benzene rings is 1. The molecule has 0 aliphatic heterocycles. The second kappa shape index (κ2) is 9.43. The zero-order valence-electron chi connectivity index (χ0n) is 13.9. The second-order valence-corrected chi connectivity index (χ2v) is 5.88. The average Bonchev–Trinajstić information content (AvgIpc) is 2.45. The van der Waals surface area contributed by atoms with E-state index in [9.17, 15) is 9.90 Å². The molecule has 0 aliphatic carbocycles. The Hall–Kier alpha value is -1.59. The summed E-state index contributed by atoms with van der Waals surface area (Å²) in [6.45, 7) is 6.90. The number of aliphatic hydroxyl groups is 1. The molecule has 0 radical (unpaired) electrons. The number of nitrogens with one attached hydrogen (secondary N) is 2. The summed E-state index contributed by atoms with van der Waals surface area (Å²) in [7, 11) is 1.54. The van der Waals surface area contributed by atoms with Crippen LogP contribution in [0, 0.1) is 12.8 Å². The lowest BCUT2D eigenvalue weighted by molar-refractivity contribution is 0.0598. The van der Waals surface area contributed by atoms with Gasteiger partial charge in [0.05, 0.1) is 18.8 Å². The number of hydrogen-bond donors (Lipinski definition) is 3. The number of ether oxygens (including phenoxy) is 1. The Morgan fingerprint density at radius 2 is 2.00 bits per heavy atom. The Bertz CT molecular complexity index is 463. The molecule has 0 saturated carbocycles. The predicted octanol–water partition coefficient (Wildman–Crippen LogP) is 2.39. The van der Waals surface area contributed by atoms with Crippen molar-refractivity contribution in [2.24, 2.45) is 5.92 Å². The van der Waals surface area contributed by atoms with Crippen LogP contribution < -0.4 is 10.6 Å². The van der Waals surface area contributed by atoms with Crippen molar-refractivity contribution < 1.29 is 14.6 Å². The van der Waals surface area contributed by atoms with Gasteiger partial charge in [0.1, 0.15) is 0 Å². The molecule has 5 heteroatoms. The van der Waals surface area contributed by atoms with E-state index in [0.717, 1.165) is 11.1 Å². The molecule has 0 saturated heterocycles. The largest absolute Gasteiger partial charge is 0.391 e. The Kier molecular flexibility index (Phi) is 7.91. The van der Waals surface area contributed by atoms with Gasteiger partial charge in [-0.25, -0.2) is 4.79 Å². The number of carbonyl (C=O) groups excluding carboxylic acids is 1. The van der Waals surface area contributed by atoms with E-state index in [1.807, 2.05) is 31.2 Å². The van der Waals surface area contributed by atoms with Crippen molar-refractivity contribution in [3.05, 3.63) is 35.4 Å². The maximum absolute atomic E-state index is 12.0. The summed E-state index contributed by atoms with van der Waals surface area (Å²) in [5, 5.41) is 15.3. The summed E-state index contributed by atoms with van der Waals surface area (Å²) in [4.78, 5) is 12.0. The van der Waals surface area contributed by atoms with E-state index in [2.05, 4.69) is 24.5 Å². The molecule has 22 heavy (non-hydrogen) atoms. The van der Waals surface area contributed by atoms with Crippen LogP contribution in [0.2, 0.25) is 0 Å². The third-order valence-corrected chi connectivity index (χ3v) is 3.60. The van der Waals surface area contributed by atoms with E-state index in [1.165, 1.54) is 0 Å². The summed E-state index contributed by atoms with van der Waals surface area (Å²) in [5.74, 6) is 0.283. The fraction of sp³-hybridized carbons (Fsp3) is 0.588. The fourth-order valence-electron chi connectivity index (χ4n) is 2.36. The SMILES string of the molecule is COCC(O)CCNC(=O)NC(c1ccccc1C)C(C)C. The third kappa shape index (κ3) is 6.03. The van der Waals surface area contributed by atoms with Gasteiger partial charge < -0.3 is 20.5 Å². The van der Waals surface area contributed by atoms with Gasteiger partial charge in [0.15, 0.2) is 0 Å². The Morgan fingerprint density at radius 3 is 2.59 bits per heavy atom. The maximum Gasteiger partial charge on any atom is 0.315 e. The van der Waals surface area contributed by atoms with Crippen molar-refractivity contribution in [2.75, 3.05) is 20.3 Å². The Balaban J connectivity index is 2.54. The van der Waals surface area contributed by atoms with Crippen LogP contribution in [0.25, 0.3) is 0 Å². The van der Waals surface area contributed by atoms with Gasteiger partial charge in [0.2, 0.25) is 0 Å². The number of aliphatic hydroxyl groups excluding tert-OH is 1. The third-order valence-electron chi connectivity index (χ3n) is 3.60. The quantitative estimate of drug-likeness (QED) is 0.690. The highest BCUT2D eigenvalue weighted by molar-refractivity contribution is 5.74. The average molecular weight is 308 g/mol. The van der Waals surface area contributed by atoms with Crippen LogP contribution in [-0.4, -0.2) is 37.5 Å². The lowest BCUT2D eigenvalue weighted by Crippen LogP contribution is -2.41. The summed E-state index contributed by atoms with van der Waals surface area (Å²) >= 11 is 0. The highest BCUT2D eigenvalue weighted by Crippen LogP contribution is 2.24. The van der Waals surface area contributed by atoms with E-state index >= 15 is 0 Å². The first-order valence-electron chi connectivity index (χ1n) is 7.72. The standard InChI is InChI=1S/C17H28N2O3/c1-12(2)16(15-8-6-5-7-13(15)3)19-17(21)18-10-9-14(20)11-22-4/h5-8,12,14,16,20H,9-11H2,1-4H3,(H2,18,19,21). The monoisotopic (exact) mass is 308 g/mol. The summed E-state index contributed by atoms with van der Waals surface area (Å²) in [6, 6.07) is 7.82. The van der Waals surface area contributed by atoms with Gasteiger partial charge in [-0.2, -0.15) is 0 Å². The molecule has 0 spiro atoms.